The van der Waals surface area contributed by atoms with Gasteiger partial charge >= 0.3 is 0 Å². The van der Waals surface area contributed by atoms with Crippen LogP contribution in [0.5, 0.6) is 0 Å². The van der Waals surface area contributed by atoms with E-state index in [1.807, 2.05) is 0 Å². The van der Waals surface area contributed by atoms with Crippen molar-refractivity contribution in [3.63, 3.8) is 0 Å². The molecule has 0 aromatic carbocycles. The van der Waals surface area contributed by atoms with Crippen LogP contribution in [-0.2, 0) is 4.74 Å². The molecule has 0 spiro atoms. The van der Waals surface area contributed by atoms with Crippen LogP contribution in [0.15, 0.2) is 0 Å². The van der Waals surface area contributed by atoms with Gasteiger partial charge in [-0.2, -0.15) is 0 Å². The van der Waals surface area contributed by atoms with Crippen LogP contribution in [-0.4, -0.2) is 72.5 Å². The lowest BCUT2D eigenvalue weighted by Gasteiger charge is -2.62. The van der Waals surface area contributed by atoms with Crippen LogP contribution in [0, 0.1) is 40.4 Å². The van der Waals surface area contributed by atoms with Gasteiger partial charge in [0, 0.05) is 25.2 Å². The van der Waals surface area contributed by atoms with E-state index in [-0.39, 0.29) is 11.5 Å². The lowest BCUT2D eigenvalue weighted by Crippen LogP contribution is -2.59. The number of morpholine rings is 1. The minimum Gasteiger partial charge on any atom is -0.391 e. The first kappa shape index (κ1) is 23.3. The van der Waals surface area contributed by atoms with E-state index in [1.165, 1.54) is 77.3 Å². The zero-order valence-electron chi connectivity index (χ0n) is 21.7. The molecular weight excluding hydrogens is 408 g/mol. The normalized spacial score (nSPS) is 53.8. The summed E-state index contributed by atoms with van der Waals surface area (Å²) >= 11 is 0. The molecule has 10 atom stereocenters. The third-order valence-corrected chi connectivity index (χ3v) is 12.4. The summed E-state index contributed by atoms with van der Waals surface area (Å²) < 4.78 is 5.70. The standard InChI is InChI=1S/C29H50N2O2/c1-20-17-21-7-8-22-23(29(21,3)19-26(20)31-13-15-33-16-14-31)9-10-28(2)24(22)18-25(27(28)32)30-11-5-4-6-12-30/h20-27,32H,4-19H2,1-3H3/t20-,21+,22-,23+,24+,25+,26+,27+,28+,29+/m1/s1. The summed E-state index contributed by atoms with van der Waals surface area (Å²) in [5.41, 5.74) is 0.645. The van der Waals surface area contributed by atoms with Gasteiger partial charge in [-0.05, 0) is 111 Å². The molecule has 188 valence electrons. The molecule has 0 unspecified atom stereocenters. The summed E-state index contributed by atoms with van der Waals surface area (Å²) in [6.07, 6.45) is 13.5. The van der Waals surface area contributed by atoms with E-state index in [2.05, 4.69) is 30.6 Å². The Morgan fingerprint density at radius 2 is 1.52 bits per heavy atom. The van der Waals surface area contributed by atoms with E-state index < -0.39 is 0 Å². The smallest absolute Gasteiger partial charge is 0.0751 e. The van der Waals surface area contributed by atoms with Gasteiger partial charge in [-0.15, -0.1) is 0 Å². The van der Waals surface area contributed by atoms with Gasteiger partial charge in [0.2, 0.25) is 0 Å². The molecule has 4 heteroatoms. The molecule has 33 heavy (non-hydrogen) atoms. The second kappa shape index (κ2) is 8.75. The number of ether oxygens (including phenoxy) is 1. The summed E-state index contributed by atoms with van der Waals surface area (Å²) in [5.74, 6) is 4.19. The summed E-state index contributed by atoms with van der Waals surface area (Å²) in [4.78, 5) is 5.48. The number of rotatable bonds is 2. The van der Waals surface area contributed by atoms with E-state index in [1.54, 1.807) is 0 Å². The van der Waals surface area contributed by atoms with E-state index >= 15 is 0 Å². The Bertz CT molecular complexity index is 704. The minimum absolute atomic E-state index is 0.112. The number of aliphatic hydroxyl groups excluding tert-OH is 1. The molecule has 6 fully saturated rings. The summed E-state index contributed by atoms with van der Waals surface area (Å²) in [5, 5.41) is 11.7. The lowest BCUT2D eigenvalue weighted by atomic mass is 9.44. The second-order valence-corrected chi connectivity index (χ2v) is 13.7. The van der Waals surface area contributed by atoms with Crippen molar-refractivity contribution in [3.8, 4) is 0 Å². The van der Waals surface area contributed by atoms with E-state index in [9.17, 15) is 5.11 Å². The van der Waals surface area contributed by atoms with E-state index in [0.29, 0.717) is 11.5 Å². The topological polar surface area (TPSA) is 35.9 Å². The highest BCUT2D eigenvalue weighted by Gasteiger charge is 2.63. The monoisotopic (exact) mass is 458 g/mol. The van der Waals surface area contributed by atoms with Gasteiger partial charge in [-0.3, -0.25) is 9.80 Å². The van der Waals surface area contributed by atoms with Crippen molar-refractivity contribution < 1.29 is 9.84 Å². The molecule has 1 N–H and O–H groups in total. The van der Waals surface area contributed by atoms with Crippen LogP contribution >= 0.6 is 0 Å². The highest BCUT2D eigenvalue weighted by molar-refractivity contribution is 5.14. The Balaban J connectivity index is 1.24. The fourth-order valence-electron chi connectivity index (χ4n) is 10.5. The molecule has 4 saturated carbocycles. The van der Waals surface area contributed by atoms with Crippen molar-refractivity contribution in [2.24, 2.45) is 40.4 Å². The van der Waals surface area contributed by atoms with Crippen LogP contribution in [0.3, 0.4) is 0 Å². The maximum absolute atomic E-state index is 11.7. The maximum atomic E-state index is 11.7. The Morgan fingerprint density at radius 3 is 2.27 bits per heavy atom. The molecule has 4 aliphatic carbocycles. The van der Waals surface area contributed by atoms with Gasteiger partial charge in [-0.1, -0.05) is 27.2 Å². The molecule has 6 aliphatic rings. The van der Waals surface area contributed by atoms with Crippen molar-refractivity contribution in [1.82, 2.24) is 9.80 Å². The van der Waals surface area contributed by atoms with Crippen LogP contribution in [0.1, 0.15) is 85.0 Å². The molecule has 0 radical (unpaired) electrons. The number of hydrogen-bond acceptors (Lipinski definition) is 4. The Kier molecular flexibility index (Phi) is 6.16. The van der Waals surface area contributed by atoms with Gasteiger partial charge in [-0.25, -0.2) is 0 Å². The Labute approximate surface area is 202 Å². The van der Waals surface area contributed by atoms with Crippen LogP contribution in [0.2, 0.25) is 0 Å². The molecule has 4 nitrogen and oxygen atoms in total. The molecule has 0 bridgehead atoms. The lowest BCUT2D eigenvalue weighted by molar-refractivity contribution is -0.145. The quantitative estimate of drug-likeness (QED) is 0.645. The third-order valence-electron chi connectivity index (χ3n) is 12.4. The van der Waals surface area contributed by atoms with E-state index in [0.717, 1.165) is 61.9 Å². The van der Waals surface area contributed by atoms with Gasteiger partial charge in [0.15, 0.2) is 0 Å². The van der Waals surface area contributed by atoms with Gasteiger partial charge in [0.1, 0.15) is 0 Å². The molecule has 6 rings (SSSR count). The highest BCUT2D eigenvalue weighted by atomic mass is 16.5. The summed E-state index contributed by atoms with van der Waals surface area (Å²) in [6, 6.07) is 1.18. The first-order chi connectivity index (χ1) is 15.9. The van der Waals surface area contributed by atoms with Gasteiger partial charge < -0.3 is 9.84 Å². The molecule has 0 amide bonds. The van der Waals surface area contributed by atoms with Crippen molar-refractivity contribution in [2.75, 3.05) is 39.4 Å². The molecule has 2 aliphatic heterocycles. The highest BCUT2D eigenvalue weighted by Crippen LogP contribution is 2.67. The third kappa shape index (κ3) is 3.67. The number of likely N-dealkylation sites (tertiary alicyclic amines) is 1. The molecule has 0 aromatic rings. The van der Waals surface area contributed by atoms with Crippen molar-refractivity contribution in [1.29, 1.82) is 0 Å². The zero-order valence-corrected chi connectivity index (χ0v) is 21.7. The average Bonchev–Trinajstić information content (AvgIpc) is 3.11. The van der Waals surface area contributed by atoms with Crippen LogP contribution in [0.25, 0.3) is 0 Å². The average molecular weight is 459 g/mol. The molecular formula is C29H50N2O2. The van der Waals surface area contributed by atoms with Crippen LogP contribution in [0.4, 0.5) is 0 Å². The minimum atomic E-state index is -0.112. The number of hydrogen-bond donors (Lipinski definition) is 1. The summed E-state index contributed by atoms with van der Waals surface area (Å²) in [7, 11) is 0. The molecule has 2 heterocycles. The molecule has 2 saturated heterocycles. The number of nitrogens with zero attached hydrogens (tertiary/aromatic N) is 2. The predicted molar refractivity (Wildman–Crippen MR) is 133 cm³/mol. The molecule has 0 aromatic heterocycles. The van der Waals surface area contributed by atoms with Crippen LogP contribution < -0.4 is 0 Å². The van der Waals surface area contributed by atoms with Gasteiger partial charge in [0.25, 0.3) is 0 Å². The largest absolute Gasteiger partial charge is 0.391 e. The predicted octanol–water partition coefficient (Wildman–Crippen LogP) is 4.80. The van der Waals surface area contributed by atoms with Crippen molar-refractivity contribution in [3.05, 3.63) is 0 Å². The Morgan fingerprint density at radius 1 is 0.788 bits per heavy atom. The van der Waals surface area contributed by atoms with Gasteiger partial charge in [0.05, 0.1) is 19.3 Å². The SMILES string of the molecule is C[C@@H]1C[C@@H]2CC[C@@H]3[C@H](CC[C@]4(C)[C@@H](O)[C@@H](N5CCCCC5)C[C@@H]34)[C@@]2(C)C[C@@H]1N1CCOCC1. The second-order valence-electron chi connectivity index (χ2n) is 13.7. The first-order valence-electron chi connectivity index (χ1n) is 14.7. The van der Waals surface area contributed by atoms with Crippen molar-refractivity contribution >= 4 is 0 Å². The first-order valence-corrected chi connectivity index (χ1v) is 14.7. The fraction of sp³-hybridized carbons (Fsp3) is 1.00. The summed E-state index contributed by atoms with van der Waals surface area (Å²) in [6.45, 7) is 14.3. The number of aliphatic hydroxyl groups is 1. The fourth-order valence-corrected chi connectivity index (χ4v) is 10.5. The Hall–Kier alpha value is -0.160. The maximum Gasteiger partial charge on any atom is 0.0751 e. The van der Waals surface area contributed by atoms with E-state index in [4.69, 9.17) is 4.74 Å². The zero-order chi connectivity index (χ0) is 22.8. The number of piperidine rings is 1. The number of fused-ring (bicyclic) bond motifs is 5. The van der Waals surface area contributed by atoms with Crippen molar-refractivity contribution in [2.45, 2.75) is 103 Å².